The summed E-state index contributed by atoms with van der Waals surface area (Å²) in [5, 5.41) is 8.74. The van der Waals surface area contributed by atoms with E-state index in [2.05, 4.69) is 27.6 Å². The number of halogens is 1. The molecule has 1 heterocycles. The van der Waals surface area contributed by atoms with Crippen molar-refractivity contribution in [3.8, 4) is 0 Å². The number of carbonyl (C=O) groups excluding carboxylic acids is 1. The molecule has 1 unspecified atom stereocenters. The summed E-state index contributed by atoms with van der Waals surface area (Å²) in [6, 6.07) is 1.73. The van der Waals surface area contributed by atoms with Crippen molar-refractivity contribution in [2.45, 2.75) is 6.92 Å². The molecule has 6 heteroatoms. The topological polar surface area (TPSA) is 73.4 Å². The van der Waals surface area contributed by atoms with Crippen molar-refractivity contribution >= 4 is 34.5 Å². The second-order valence-corrected chi connectivity index (χ2v) is 4.90. The van der Waals surface area contributed by atoms with E-state index in [9.17, 15) is 9.59 Å². The molecule has 1 rings (SSSR count). The Morgan fingerprint density at radius 3 is 2.69 bits per heavy atom. The van der Waals surface area contributed by atoms with Crippen LogP contribution in [-0.4, -0.2) is 40.5 Å². The van der Waals surface area contributed by atoms with Crippen LogP contribution in [0.1, 0.15) is 17.4 Å². The average molecular weight is 336 g/mol. The minimum absolute atomic E-state index is 0.198. The van der Waals surface area contributed by atoms with Crippen LogP contribution in [0.2, 0.25) is 0 Å². The summed E-state index contributed by atoms with van der Waals surface area (Å²) in [6.07, 6.45) is 1.72. The largest absolute Gasteiger partial charge is 0.481 e. The number of nitrogens with zero attached hydrogens (tertiary/aromatic N) is 1. The maximum absolute atomic E-state index is 11.8. The highest BCUT2D eigenvalue weighted by Gasteiger charge is 2.19. The average Bonchev–Trinajstić information content (AvgIpc) is 2.63. The van der Waals surface area contributed by atoms with Crippen molar-refractivity contribution in [2.24, 2.45) is 5.92 Å². The molecular weight excluding hydrogens is 323 g/mol. The van der Waals surface area contributed by atoms with Gasteiger partial charge in [-0.1, -0.05) is 6.92 Å². The Balaban J connectivity index is 2.64. The first kappa shape index (κ1) is 13.0. The third-order valence-electron chi connectivity index (χ3n) is 2.19. The molecule has 1 amide bonds. The Kier molecular flexibility index (Phi) is 4.34. The summed E-state index contributed by atoms with van der Waals surface area (Å²) in [6.45, 7) is 1.77. The fourth-order valence-corrected chi connectivity index (χ4v) is 1.74. The van der Waals surface area contributed by atoms with Crippen molar-refractivity contribution in [1.82, 2.24) is 9.88 Å². The molecule has 0 aromatic carbocycles. The molecule has 5 nitrogen and oxygen atoms in total. The predicted molar refractivity (Wildman–Crippen MR) is 67.3 cm³/mol. The summed E-state index contributed by atoms with van der Waals surface area (Å²) >= 11 is 2.10. The van der Waals surface area contributed by atoms with E-state index in [1.165, 1.54) is 4.90 Å². The Bertz CT molecular complexity index is 403. The van der Waals surface area contributed by atoms with Gasteiger partial charge in [0.25, 0.3) is 5.91 Å². The summed E-state index contributed by atoms with van der Waals surface area (Å²) in [4.78, 5) is 26.7. The van der Waals surface area contributed by atoms with Gasteiger partial charge in [0.05, 0.1) is 5.92 Å². The summed E-state index contributed by atoms with van der Waals surface area (Å²) in [7, 11) is 1.59. The van der Waals surface area contributed by atoms with Gasteiger partial charge in [-0.05, 0) is 28.7 Å². The van der Waals surface area contributed by atoms with Gasteiger partial charge >= 0.3 is 5.97 Å². The number of aromatic nitrogens is 1. The Morgan fingerprint density at radius 1 is 1.62 bits per heavy atom. The summed E-state index contributed by atoms with van der Waals surface area (Å²) in [5.41, 5.74) is 0.476. The first-order valence-corrected chi connectivity index (χ1v) is 5.82. The first-order valence-electron chi connectivity index (χ1n) is 4.74. The van der Waals surface area contributed by atoms with E-state index < -0.39 is 11.9 Å². The third kappa shape index (κ3) is 3.22. The van der Waals surface area contributed by atoms with Crippen molar-refractivity contribution < 1.29 is 14.7 Å². The van der Waals surface area contributed by atoms with Gasteiger partial charge in [0.15, 0.2) is 0 Å². The smallest absolute Gasteiger partial charge is 0.308 e. The van der Waals surface area contributed by atoms with Crippen LogP contribution in [0.3, 0.4) is 0 Å². The number of carboxylic acids is 1. The first-order chi connectivity index (χ1) is 7.41. The van der Waals surface area contributed by atoms with Crippen LogP contribution < -0.4 is 0 Å². The second kappa shape index (κ2) is 5.33. The quantitative estimate of drug-likeness (QED) is 0.817. The fraction of sp³-hybridized carbons (Fsp3) is 0.400. The lowest BCUT2D eigenvalue weighted by Crippen LogP contribution is -2.33. The number of amides is 1. The fourth-order valence-electron chi connectivity index (χ4n) is 1.27. The highest BCUT2D eigenvalue weighted by Crippen LogP contribution is 2.09. The zero-order chi connectivity index (χ0) is 12.3. The highest BCUT2D eigenvalue weighted by molar-refractivity contribution is 14.1. The molecule has 0 aliphatic carbocycles. The molecule has 0 spiro atoms. The van der Waals surface area contributed by atoms with E-state index in [1.807, 2.05) is 0 Å². The minimum atomic E-state index is -0.902. The Morgan fingerprint density at radius 2 is 2.25 bits per heavy atom. The number of H-pyrrole nitrogens is 1. The number of aromatic amines is 1. The van der Waals surface area contributed by atoms with Crippen LogP contribution >= 0.6 is 22.6 Å². The number of rotatable bonds is 4. The number of carbonyl (C=O) groups is 2. The molecule has 2 N–H and O–H groups in total. The lowest BCUT2D eigenvalue weighted by molar-refractivity contribution is -0.141. The van der Waals surface area contributed by atoms with Gasteiger partial charge in [-0.25, -0.2) is 0 Å². The molecule has 1 atom stereocenters. The predicted octanol–water partition coefficient (Wildman–Crippen LogP) is 1.41. The minimum Gasteiger partial charge on any atom is -0.481 e. The van der Waals surface area contributed by atoms with Crippen LogP contribution in [0.5, 0.6) is 0 Å². The zero-order valence-corrected chi connectivity index (χ0v) is 11.2. The highest BCUT2D eigenvalue weighted by atomic mass is 127. The number of nitrogens with one attached hydrogen (secondary N) is 1. The van der Waals surface area contributed by atoms with Gasteiger partial charge < -0.3 is 15.0 Å². The van der Waals surface area contributed by atoms with E-state index in [-0.39, 0.29) is 12.5 Å². The van der Waals surface area contributed by atoms with E-state index in [1.54, 1.807) is 26.2 Å². The van der Waals surface area contributed by atoms with Crippen molar-refractivity contribution in [3.05, 3.63) is 21.5 Å². The molecule has 0 fully saturated rings. The third-order valence-corrected chi connectivity index (χ3v) is 2.82. The Labute approximate surface area is 107 Å². The van der Waals surface area contributed by atoms with E-state index >= 15 is 0 Å². The van der Waals surface area contributed by atoms with Crippen LogP contribution in [0.4, 0.5) is 0 Å². The number of aliphatic carboxylic acids is 1. The van der Waals surface area contributed by atoms with Crippen LogP contribution in [0.15, 0.2) is 12.3 Å². The van der Waals surface area contributed by atoms with E-state index in [0.717, 1.165) is 3.57 Å². The molecule has 0 radical (unpaired) electrons. The van der Waals surface area contributed by atoms with Gasteiger partial charge in [0, 0.05) is 23.4 Å². The Hall–Kier alpha value is -1.05. The second-order valence-electron chi connectivity index (χ2n) is 3.66. The molecular formula is C10H13IN2O3. The van der Waals surface area contributed by atoms with Gasteiger partial charge in [-0.15, -0.1) is 0 Å². The van der Waals surface area contributed by atoms with E-state index in [4.69, 9.17) is 5.11 Å². The van der Waals surface area contributed by atoms with Gasteiger partial charge in [0.1, 0.15) is 5.69 Å². The molecule has 0 aliphatic rings. The molecule has 1 aromatic heterocycles. The molecule has 88 valence electrons. The zero-order valence-electron chi connectivity index (χ0n) is 9.03. The normalized spacial score (nSPS) is 12.2. The standard InChI is InChI=1S/C10H13IN2O3/c1-6(10(15)16)5-13(2)9(14)8-3-7(11)4-12-8/h3-4,6,12H,5H2,1-2H3,(H,15,16). The summed E-state index contributed by atoms with van der Waals surface area (Å²) in [5.74, 6) is -1.67. The number of hydrogen-bond acceptors (Lipinski definition) is 2. The maximum atomic E-state index is 11.8. The van der Waals surface area contributed by atoms with Crippen molar-refractivity contribution in [3.63, 3.8) is 0 Å². The lowest BCUT2D eigenvalue weighted by atomic mass is 10.2. The van der Waals surface area contributed by atoms with Gasteiger partial charge in [0.2, 0.25) is 0 Å². The molecule has 16 heavy (non-hydrogen) atoms. The van der Waals surface area contributed by atoms with Crippen molar-refractivity contribution in [1.29, 1.82) is 0 Å². The lowest BCUT2D eigenvalue weighted by Gasteiger charge is -2.18. The molecule has 0 saturated carbocycles. The van der Waals surface area contributed by atoms with Crippen LogP contribution in [0.25, 0.3) is 0 Å². The number of carboxylic acid groups (broad SMARTS) is 1. The van der Waals surface area contributed by atoms with Gasteiger partial charge in [-0.2, -0.15) is 0 Å². The molecule has 0 aliphatic heterocycles. The van der Waals surface area contributed by atoms with Crippen LogP contribution in [-0.2, 0) is 4.79 Å². The number of hydrogen-bond donors (Lipinski definition) is 2. The van der Waals surface area contributed by atoms with E-state index in [0.29, 0.717) is 5.69 Å². The SMILES string of the molecule is CC(CN(C)C(=O)c1cc(I)c[nH]1)C(=O)O. The van der Waals surface area contributed by atoms with Crippen molar-refractivity contribution in [2.75, 3.05) is 13.6 Å². The van der Waals surface area contributed by atoms with Crippen LogP contribution in [0, 0.1) is 9.49 Å². The molecule has 0 saturated heterocycles. The molecule has 1 aromatic rings. The molecule has 0 bridgehead atoms. The van der Waals surface area contributed by atoms with Gasteiger partial charge in [-0.3, -0.25) is 9.59 Å². The monoisotopic (exact) mass is 336 g/mol. The summed E-state index contributed by atoms with van der Waals surface area (Å²) < 4.78 is 0.945. The maximum Gasteiger partial charge on any atom is 0.308 e.